The Balaban J connectivity index is 1.38. The molecule has 0 radical (unpaired) electrons. The lowest BCUT2D eigenvalue weighted by molar-refractivity contribution is -0.123. The third kappa shape index (κ3) is 3.43. The third-order valence-electron chi connectivity index (χ3n) is 4.77. The fourth-order valence-electron chi connectivity index (χ4n) is 3.70. The van der Waals surface area contributed by atoms with Crippen molar-refractivity contribution in [3.63, 3.8) is 0 Å². The molecule has 0 spiro atoms. The molecular weight excluding hydrogens is 266 g/mol. The fraction of sp³-hybridized carbons (Fsp3) is 0.529. The van der Waals surface area contributed by atoms with Crippen molar-refractivity contribution in [1.82, 2.24) is 5.32 Å². The zero-order valence-corrected chi connectivity index (χ0v) is 12.1. The predicted molar refractivity (Wildman–Crippen MR) is 78.6 cm³/mol. The Morgan fingerprint density at radius 3 is 2.62 bits per heavy atom. The number of carbonyl (C=O) groups is 2. The van der Waals surface area contributed by atoms with E-state index in [0.29, 0.717) is 5.92 Å². The summed E-state index contributed by atoms with van der Waals surface area (Å²) >= 11 is 0. The lowest BCUT2D eigenvalue weighted by Gasteiger charge is -2.20. The Hall–Kier alpha value is -1.84. The summed E-state index contributed by atoms with van der Waals surface area (Å²) in [5.41, 5.74) is 0.937. The second-order valence-corrected chi connectivity index (χ2v) is 6.16. The molecule has 0 aliphatic heterocycles. The normalized spacial score (nSPS) is 26.6. The first-order chi connectivity index (χ1) is 10.2. The van der Waals surface area contributed by atoms with Gasteiger partial charge in [-0.15, -0.1) is 0 Å². The molecule has 3 atom stereocenters. The third-order valence-corrected chi connectivity index (χ3v) is 4.77. The fourth-order valence-corrected chi connectivity index (χ4v) is 3.70. The summed E-state index contributed by atoms with van der Waals surface area (Å²) < 4.78 is 5.10. The Bertz CT molecular complexity index is 514. The standard InChI is InChI=1S/C17H21NO3/c19-16(15-9-13-6-7-14(15)8-13)10-18-17(20)21-11-12-4-2-1-3-5-12/h1-5,13-15H,6-11H2,(H,18,20). The zero-order valence-electron chi connectivity index (χ0n) is 12.1. The van der Waals surface area contributed by atoms with Crippen molar-refractivity contribution in [2.45, 2.75) is 32.3 Å². The molecule has 4 nitrogen and oxygen atoms in total. The van der Waals surface area contributed by atoms with E-state index in [1.54, 1.807) is 0 Å². The van der Waals surface area contributed by atoms with Gasteiger partial charge in [0, 0.05) is 5.92 Å². The minimum absolute atomic E-state index is 0.0987. The predicted octanol–water partition coefficient (Wildman–Crippen LogP) is 2.92. The molecule has 21 heavy (non-hydrogen) atoms. The largest absolute Gasteiger partial charge is 0.445 e. The van der Waals surface area contributed by atoms with Crippen molar-refractivity contribution in [3.05, 3.63) is 35.9 Å². The first-order valence-electron chi connectivity index (χ1n) is 7.69. The van der Waals surface area contributed by atoms with Crippen LogP contribution in [0.3, 0.4) is 0 Å². The maximum atomic E-state index is 12.1. The van der Waals surface area contributed by atoms with Gasteiger partial charge in [0.15, 0.2) is 5.78 Å². The number of benzene rings is 1. The van der Waals surface area contributed by atoms with Crippen LogP contribution in [0.4, 0.5) is 4.79 Å². The van der Waals surface area contributed by atoms with Crippen LogP contribution in [0.1, 0.15) is 31.2 Å². The Labute approximate surface area is 124 Å². The van der Waals surface area contributed by atoms with Gasteiger partial charge >= 0.3 is 6.09 Å². The molecule has 2 fully saturated rings. The topological polar surface area (TPSA) is 55.4 Å². The number of hydrogen-bond donors (Lipinski definition) is 1. The van der Waals surface area contributed by atoms with Crippen molar-refractivity contribution in [1.29, 1.82) is 0 Å². The SMILES string of the molecule is O=C(NCC(=O)C1CC2CCC1C2)OCc1ccccc1. The maximum Gasteiger partial charge on any atom is 0.407 e. The average molecular weight is 287 g/mol. The highest BCUT2D eigenvalue weighted by molar-refractivity contribution is 5.86. The number of alkyl carbamates (subject to hydrolysis) is 1. The van der Waals surface area contributed by atoms with Crippen LogP contribution in [0.15, 0.2) is 30.3 Å². The van der Waals surface area contributed by atoms with Gasteiger partial charge in [-0.05, 0) is 36.7 Å². The molecule has 0 aromatic heterocycles. The lowest BCUT2D eigenvalue weighted by atomic mass is 9.85. The summed E-state index contributed by atoms with van der Waals surface area (Å²) in [4.78, 5) is 23.8. The van der Waals surface area contributed by atoms with E-state index in [1.807, 2.05) is 30.3 Å². The van der Waals surface area contributed by atoms with Crippen LogP contribution in [0, 0.1) is 17.8 Å². The van der Waals surface area contributed by atoms with E-state index in [-0.39, 0.29) is 24.9 Å². The molecule has 2 aliphatic carbocycles. The number of nitrogens with one attached hydrogen (secondary N) is 1. The van der Waals surface area contributed by atoms with Gasteiger partial charge in [-0.3, -0.25) is 4.79 Å². The van der Waals surface area contributed by atoms with Gasteiger partial charge < -0.3 is 10.1 Å². The minimum atomic E-state index is -0.518. The molecule has 1 amide bonds. The Morgan fingerprint density at radius 2 is 1.95 bits per heavy atom. The Kier molecular flexibility index (Phi) is 4.23. The van der Waals surface area contributed by atoms with Gasteiger partial charge in [-0.1, -0.05) is 36.8 Å². The molecular formula is C17H21NO3. The van der Waals surface area contributed by atoms with Gasteiger partial charge in [0.1, 0.15) is 6.61 Å². The van der Waals surface area contributed by atoms with Gasteiger partial charge in [-0.2, -0.15) is 0 Å². The number of hydrogen-bond acceptors (Lipinski definition) is 3. The highest BCUT2D eigenvalue weighted by Crippen LogP contribution is 2.48. The molecule has 1 aromatic carbocycles. The number of carbonyl (C=O) groups excluding carboxylic acids is 2. The van der Waals surface area contributed by atoms with Crippen molar-refractivity contribution in [3.8, 4) is 0 Å². The monoisotopic (exact) mass is 287 g/mol. The maximum absolute atomic E-state index is 12.1. The zero-order chi connectivity index (χ0) is 14.7. The summed E-state index contributed by atoms with van der Waals surface area (Å²) in [5, 5.41) is 2.58. The van der Waals surface area contributed by atoms with Crippen LogP contribution >= 0.6 is 0 Å². The molecule has 0 saturated heterocycles. The number of amides is 1. The average Bonchev–Trinajstić information content (AvgIpc) is 3.14. The number of rotatable bonds is 5. The summed E-state index contributed by atoms with van der Waals surface area (Å²) in [6.07, 6.45) is 4.16. The Morgan fingerprint density at radius 1 is 1.14 bits per heavy atom. The van der Waals surface area contributed by atoms with Crippen LogP contribution in [-0.4, -0.2) is 18.4 Å². The molecule has 2 bridgehead atoms. The summed E-state index contributed by atoms with van der Waals surface area (Å²) in [6, 6.07) is 9.50. The molecule has 3 rings (SSSR count). The van der Waals surface area contributed by atoms with Gasteiger partial charge in [0.25, 0.3) is 0 Å². The van der Waals surface area contributed by atoms with Crippen LogP contribution in [0.2, 0.25) is 0 Å². The van der Waals surface area contributed by atoms with Crippen molar-refractivity contribution >= 4 is 11.9 Å². The molecule has 112 valence electrons. The van der Waals surface area contributed by atoms with E-state index in [2.05, 4.69) is 5.32 Å². The number of ketones is 1. The number of fused-ring (bicyclic) bond motifs is 2. The summed E-state index contributed by atoms with van der Waals surface area (Å²) in [7, 11) is 0. The van der Waals surface area contributed by atoms with Crippen molar-refractivity contribution in [2.75, 3.05) is 6.54 Å². The molecule has 1 aromatic rings. The van der Waals surface area contributed by atoms with Crippen LogP contribution in [0.25, 0.3) is 0 Å². The van der Waals surface area contributed by atoms with E-state index >= 15 is 0 Å². The van der Waals surface area contributed by atoms with Gasteiger partial charge in [-0.25, -0.2) is 4.79 Å². The molecule has 2 aliphatic rings. The van der Waals surface area contributed by atoms with Crippen LogP contribution < -0.4 is 5.32 Å². The second-order valence-electron chi connectivity index (χ2n) is 6.16. The molecule has 4 heteroatoms. The lowest BCUT2D eigenvalue weighted by Crippen LogP contribution is -2.35. The smallest absolute Gasteiger partial charge is 0.407 e. The van der Waals surface area contributed by atoms with Crippen LogP contribution in [0.5, 0.6) is 0 Å². The number of ether oxygens (including phenoxy) is 1. The molecule has 0 heterocycles. The molecule has 3 unspecified atom stereocenters. The molecule has 1 N–H and O–H groups in total. The molecule has 2 saturated carbocycles. The van der Waals surface area contributed by atoms with E-state index in [0.717, 1.165) is 17.9 Å². The van der Waals surface area contributed by atoms with E-state index < -0.39 is 6.09 Å². The van der Waals surface area contributed by atoms with Crippen molar-refractivity contribution < 1.29 is 14.3 Å². The van der Waals surface area contributed by atoms with Gasteiger partial charge in [0.2, 0.25) is 0 Å². The quantitative estimate of drug-likeness (QED) is 0.906. The second kappa shape index (κ2) is 6.29. The summed E-state index contributed by atoms with van der Waals surface area (Å²) in [6.45, 7) is 0.330. The first kappa shape index (κ1) is 14.1. The first-order valence-corrected chi connectivity index (χ1v) is 7.69. The highest BCUT2D eigenvalue weighted by atomic mass is 16.5. The van der Waals surface area contributed by atoms with E-state index in [4.69, 9.17) is 4.74 Å². The number of Topliss-reactive ketones (excluding diaryl/α,β-unsaturated/α-hetero) is 1. The summed E-state index contributed by atoms with van der Waals surface area (Å²) in [5.74, 6) is 1.63. The van der Waals surface area contributed by atoms with E-state index in [1.165, 1.54) is 19.3 Å². The van der Waals surface area contributed by atoms with Crippen molar-refractivity contribution in [2.24, 2.45) is 17.8 Å². The van der Waals surface area contributed by atoms with Crippen LogP contribution in [-0.2, 0) is 16.1 Å². The van der Waals surface area contributed by atoms with E-state index in [9.17, 15) is 9.59 Å². The highest BCUT2D eigenvalue weighted by Gasteiger charge is 2.42. The minimum Gasteiger partial charge on any atom is -0.445 e. The van der Waals surface area contributed by atoms with Gasteiger partial charge in [0.05, 0.1) is 6.54 Å².